The van der Waals surface area contributed by atoms with E-state index in [1.807, 2.05) is 12.1 Å². The molecule has 1 heterocycles. The lowest BCUT2D eigenvalue weighted by atomic mass is 10.2. The summed E-state index contributed by atoms with van der Waals surface area (Å²) in [7, 11) is -3.53. The Kier molecular flexibility index (Phi) is 7.04. The van der Waals surface area contributed by atoms with E-state index in [1.54, 1.807) is 44.2 Å². The lowest BCUT2D eigenvalue weighted by Crippen LogP contribution is -2.30. The lowest BCUT2D eigenvalue weighted by Gasteiger charge is -2.18. The maximum atomic E-state index is 12.5. The number of carbonyl (C=O) groups is 2. The average Bonchev–Trinajstić information content (AvgIpc) is 3.21. The number of ketones is 1. The molecule has 1 aromatic heterocycles. The number of para-hydroxylation sites is 1. The van der Waals surface area contributed by atoms with Crippen molar-refractivity contribution in [3.05, 3.63) is 72.0 Å². The van der Waals surface area contributed by atoms with Crippen LogP contribution in [0.1, 0.15) is 30.0 Å². The Labute approximate surface area is 181 Å². The molecular formula is C23H23NO6S. The highest BCUT2D eigenvalue weighted by Crippen LogP contribution is 2.19. The summed E-state index contributed by atoms with van der Waals surface area (Å²) in [6.45, 7) is 3.90. The van der Waals surface area contributed by atoms with Gasteiger partial charge in [0.1, 0.15) is 5.58 Å². The van der Waals surface area contributed by atoms with E-state index in [1.165, 1.54) is 28.6 Å². The molecule has 0 aliphatic carbocycles. The number of furan rings is 1. The number of ether oxygens (including phenoxy) is 1. The molecule has 0 spiro atoms. The molecule has 0 radical (unpaired) electrons. The van der Waals surface area contributed by atoms with Gasteiger partial charge in [-0.2, -0.15) is 4.31 Å². The molecule has 0 aliphatic rings. The maximum absolute atomic E-state index is 12.5. The Morgan fingerprint density at radius 1 is 1.03 bits per heavy atom. The first kappa shape index (κ1) is 22.5. The van der Waals surface area contributed by atoms with Gasteiger partial charge in [0.2, 0.25) is 15.8 Å². The summed E-state index contributed by atoms with van der Waals surface area (Å²) in [5.74, 6) is -1.00. The van der Waals surface area contributed by atoms with Crippen molar-refractivity contribution < 1.29 is 27.2 Å². The molecule has 2 aromatic carbocycles. The van der Waals surface area contributed by atoms with Crippen LogP contribution in [-0.4, -0.2) is 44.2 Å². The average molecular weight is 442 g/mol. The van der Waals surface area contributed by atoms with Crippen molar-refractivity contribution in [3.63, 3.8) is 0 Å². The quantitative estimate of drug-likeness (QED) is 0.284. The fourth-order valence-electron chi connectivity index (χ4n) is 3.00. The van der Waals surface area contributed by atoms with Gasteiger partial charge in [0.25, 0.3) is 0 Å². The van der Waals surface area contributed by atoms with Crippen LogP contribution in [0.25, 0.3) is 17.0 Å². The van der Waals surface area contributed by atoms with Gasteiger partial charge in [-0.3, -0.25) is 4.79 Å². The Morgan fingerprint density at radius 2 is 1.71 bits per heavy atom. The second-order valence-electron chi connectivity index (χ2n) is 6.67. The molecule has 0 N–H and O–H groups in total. The molecular weight excluding hydrogens is 418 g/mol. The van der Waals surface area contributed by atoms with Crippen LogP contribution in [0.5, 0.6) is 0 Å². The van der Waals surface area contributed by atoms with Crippen molar-refractivity contribution in [1.29, 1.82) is 0 Å². The van der Waals surface area contributed by atoms with Gasteiger partial charge < -0.3 is 9.15 Å². The normalized spacial score (nSPS) is 12.0. The Balaban J connectivity index is 1.57. The Bertz CT molecular complexity index is 1170. The molecule has 0 fully saturated rings. The number of nitrogens with zero attached hydrogens (tertiary/aromatic N) is 1. The summed E-state index contributed by atoms with van der Waals surface area (Å²) in [6.07, 6.45) is 2.67. The number of Topliss-reactive ketones (excluding diaryl/α,β-unsaturated/α-hetero) is 1. The molecule has 0 unspecified atom stereocenters. The van der Waals surface area contributed by atoms with E-state index in [-0.39, 0.29) is 10.7 Å². The minimum absolute atomic E-state index is 0.128. The van der Waals surface area contributed by atoms with Gasteiger partial charge in [0.15, 0.2) is 12.4 Å². The van der Waals surface area contributed by atoms with Gasteiger partial charge in [0.05, 0.1) is 4.90 Å². The summed E-state index contributed by atoms with van der Waals surface area (Å²) in [5, 5.41) is 0.795. The smallest absolute Gasteiger partial charge is 0.331 e. The van der Waals surface area contributed by atoms with Crippen molar-refractivity contribution in [2.75, 3.05) is 19.7 Å². The summed E-state index contributed by atoms with van der Waals surface area (Å²) < 4.78 is 36.8. The number of hydrogen-bond acceptors (Lipinski definition) is 6. The summed E-state index contributed by atoms with van der Waals surface area (Å²) in [4.78, 5) is 24.3. The van der Waals surface area contributed by atoms with Gasteiger partial charge in [0, 0.05) is 24.6 Å². The molecule has 0 amide bonds. The van der Waals surface area contributed by atoms with Crippen molar-refractivity contribution in [2.45, 2.75) is 18.7 Å². The third-order valence-corrected chi connectivity index (χ3v) is 6.75. The highest BCUT2D eigenvalue weighted by Gasteiger charge is 2.21. The number of esters is 1. The molecule has 8 heteroatoms. The van der Waals surface area contributed by atoms with Crippen molar-refractivity contribution in [1.82, 2.24) is 4.31 Å². The number of sulfonamides is 1. The zero-order valence-electron chi connectivity index (χ0n) is 17.3. The molecule has 31 heavy (non-hydrogen) atoms. The van der Waals surface area contributed by atoms with Crippen LogP contribution < -0.4 is 0 Å². The number of hydrogen-bond donors (Lipinski definition) is 0. The van der Waals surface area contributed by atoms with E-state index in [9.17, 15) is 18.0 Å². The highest BCUT2D eigenvalue weighted by atomic mass is 32.2. The molecule has 0 atom stereocenters. The first-order valence-electron chi connectivity index (χ1n) is 9.82. The van der Waals surface area contributed by atoms with Crippen molar-refractivity contribution >= 4 is 38.8 Å². The van der Waals surface area contributed by atoms with E-state index in [0.29, 0.717) is 24.2 Å². The van der Waals surface area contributed by atoms with Gasteiger partial charge in [-0.15, -0.1) is 0 Å². The zero-order valence-corrected chi connectivity index (χ0v) is 18.1. The SMILES string of the molecule is CCN(CC)S(=O)(=O)c1ccc(C=CC(=O)OCC(=O)c2cc3ccccc3o2)cc1. The largest absolute Gasteiger partial charge is 0.454 e. The predicted octanol–water partition coefficient (Wildman–Crippen LogP) is 3.90. The standard InChI is InChI=1S/C23H23NO6S/c1-3-24(4-2)31(27,28)19-12-9-17(10-13-19)11-14-23(26)29-16-20(25)22-15-18-7-5-6-8-21(18)30-22/h5-15H,3-4,16H2,1-2H3. The van der Waals surface area contributed by atoms with E-state index >= 15 is 0 Å². The summed E-state index contributed by atoms with van der Waals surface area (Å²) >= 11 is 0. The van der Waals surface area contributed by atoms with Crippen LogP contribution in [-0.2, 0) is 19.6 Å². The van der Waals surface area contributed by atoms with Crippen LogP contribution in [0.3, 0.4) is 0 Å². The van der Waals surface area contributed by atoms with Crippen molar-refractivity contribution in [2.24, 2.45) is 0 Å². The summed E-state index contributed by atoms with van der Waals surface area (Å²) in [6, 6.07) is 15.0. The van der Waals surface area contributed by atoms with E-state index in [4.69, 9.17) is 9.15 Å². The fourth-order valence-corrected chi connectivity index (χ4v) is 4.46. The molecule has 3 rings (SSSR count). The number of rotatable bonds is 9. The zero-order chi connectivity index (χ0) is 22.4. The third-order valence-electron chi connectivity index (χ3n) is 4.68. The van der Waals surface area contributed by atoms with Crippen LogP contribution in [0.2, 0.25) is 0 Å². The fraction of sp³-hybridized carbons (Fsp3) is 0.217. The Hall–Kier alpha value is -3.23. The number of benzene rings is 2. The molecule has 0 saturated carbocycles. The molecule has 0 bridgehead atoms. The second-order valence-corrected chi connectivity index (χ2v) is 8.61. The van der Waals surface area contributed by atoms with Crippen LogP contribution in [0.15, 0.2) is 70.0 Å². The summed E-state index contributed by atoms with van der Waals surface area (Å²) in [5.41, 5.74) is 1.21. The van der Waals surface area contributed by atoms with Crippen LogP contribution >= 0.6 is 0 Å². The second kappa shape index (κ2) is 9.72. The van der Waals surface area contributed by atoms with Crippen LogP contribution in [0.4, 0.5) is 0 Å². The van der Waals surface area contributed by atoms with E-state index < -0.39 is 28.4 Å². The van der Waals surface area contributed by atoms with Gasteiger partial charge in [-0.05, 0) is 35.9 Å². The topological polar surface area (TPSA) is 93.9 Å². The van der Waals surface area contributed by atoms with E-state index in [0.717, 1.165) is 5.39 Å². The van der Waals surface area contributed by atoms with Gasteiger partial charge in [-0.25, -0.2) is 13.2 Å². The van der Waals surface area contributed by atoms with Gasteiger partial charge in [-0.1, -0.05) is 44.2 Å². The highest BCUT2D eigenvalue weighted by molar-refractivity contribution is 7.89. The first-order valence-corrected chi connectivity index (χ1v) is 11.3. The lowest BCUT2D eigenvalue weighted by molar-refractivity contribution is -0.136. The predicted molar refractivity (Wildman–Crippen MR) is 117 cm³/mol. The van der Waals surface area contributed by atoms with Crippen LogP contribution in [0, 0.1) is 0 Å². The third kappa shape index (κ3) is 5.28. The minimum atomic E-state index is -3.53. The molecule has 0 aliphatic heterocycles. The molecule has 0 saturated heterocycles. The van der Waals surface area contributed by atoms with E-state index in [2.05, 4.69) is 0 Å². The number of fused-ring (bicyclic) bond motifs is 1. The molecule has 3 aromatic rings. The Morgan fingerprint density at radius 3 is 2.35 bits per heavy atom. The van der Waals surface area contributed by atoms with Gasteiger partial charge >= 0.3 is 5.97 Å². The molecule has 162 valence electrons. The first-order chi connectivity index (χ1) is 14.8. The minimum Gasteiger partial charge on any atom is -0.454 e. The van der Waals surface area contributed by atoms with Crippen molar-refractivity contribution in [3.8, 4) is 0 Å². The number of carbonyl (C=O) groups excluding carboxylic acids is 2. The monoisotopic (exact) mass is 441 g/mol. The molecule has 7 nitrogen and oxygen atoms in total. The maximum Gasteiger partial charge on any atom is 0.331 e.